The largest absolute Gasteiger partial charge is 0.497 e. The molecule has 2 rings (SSSR count). The summed E-state index contributed by atoms with van der Waals surface area (Å²) in [6.07, 6.45) is 1.19. The third-order valence-electron chi connectivity index (χ3n) is 2.62. The van der Waals surface area contributed by atoms with E-state index in [1.54, 1.807) is 6.07 Å². The topological polar surface area (TPSA) is 118 Å². The molecule has 0 aliphatic rings. The standard InChI is InChI=1S/C12H7N5O3/c1-20-8-2-3-10(17(18)19)11(4-8)16-7-15-9(5-13)12(16)6-14/h2-4,7H,1H3. The monoisotopic (exact) mass is 269 g/mol. The van der Waals surface area contributed by atoms with E-state index >= 15 is 0 Å². The van der Waals surface area contributed by atoms with Crippen molar-refractivity contribution in [3.8, 4) is 23.6 Å². The zero-order valence-corrected chi connectivity index (χ0v) is 10.3. The predicted octanol–water partition coefficient (Wildman–Crippen LogP) is 1.53. The molecule has 8 heteroatoms. The second-order valence-corrected chi connectivity index (χ2v) is 3.65. The molecule has 0 bridgehead atoms. The molecule has 1 aromatic carbocycles. The molecular formula is C12H7N5O3. The predicted molar refractivity (Wildman–Crippen MR) is 66.2 cm³/mol. The van der Waals surface area contributed by atoms with Crippen LogP contribution in [0.3, 0.4) is 0 Å². The molecule has 0 unspecified atom stereocenters. The van der Waals surface area contributed by atoms with Gasteiger partial charge in [0.05, 0.1) is 12.0 Å². The van der Waals surface area contributed by atoms with Gasteiger partial charge >= 0.3 is 0 Å². The van der Waals surface area contributed by atoms with Crippen molar-refractivity contribution >= 4 is 5.69 Å². The van der Waals surface area contributed by atoms with Crippen LogP contribution in [0.15, 0.2) is 24.5 Å². The van der Waals surface area contributed by atoms with Crippen molar-refractivity contribution in [2.45, 2.75) is 0 Å². The lowest BCUT2D eigenvalue weighted by molar-refractivity contribution is -0.384. The molecule has 98 valence electrons. The fourth-order valence-corrected chi connectivity index (χ4v) is 1.70. The number of ether oxygens (including phenoxy) is 1. The molecule has 0 amide bonds. The molecule has 1 heterocycles. The quantitative estimate of drug-likeness (QED) is 0.615. The number of nitriles is 2. The molecule has 0 fully saturated rings. The Morgan fingerprint density at radius 3 is 2.70 bits per heavy atom. The Hall–Kier alpha value is -3.39. The normalized spacial score (nSPS) is 9.55. The van der Waals surface area contributed by atoms with Crippen molar-refractivity contribution in [1.82, 2.24) is 9.55 Å². The molecule has 0 saturated heterocycles. The minimum Gasteiger partial charge on any atom is -0.497 e. The lowest BCUT2D eigenvalue weighted by atomic mass is 10.2. The summed E-state index contributed by atoms with van der Waals surface area (Å²) >= 11 is 0. The van der Waals surface area contributed by atoms with E-state index in [0.29, 0.717) is 5.75 Å². The number of imidazole rings is 1. The molecule has 0 aliphatic carbocycles. The van der Waals surface area contributed by atoms with E-state index in [-0.39, 0.29) is 22.8 Å². The average Bonchev–Trinajstić information content (AvgIpc) is 2.89. The number of benzene rings is 1. The van der Waals surface area contributed by atoms with Crippen molar-refractivity contribution in [3.05, 3.63) is 46.0 Å². The van der Waals surface area contributed by atoms with Gasteiger partial charge in [0.25, 0.3) is 5.69 Å². The Morgan fingerprint density at radius 2 is 2.15 bits per heavy atom. The van der Waals surface area contributed by atoms with Gasteiger partial charge in [-0.1, -0.05) is 0 Å². The van der Waals surface area contributed by atoms with Gasteiger partial charge in [-0.3, -0.25) is 14.7 Å². The van der Waals surface area contributed by atoms with E-state index < -0.39 is 4.92 Å². The zero-order chi connectivity index (χ0) is 14.7. The van der Waals surface area contributed by atoms with Crippen LogP contribution in [0.5, 0.6) is 5.75 Å². The second-order valence-electron chi connectivity index (χ2n) is 3.65. The Bertz CT molecular complexity index is 766. The number of nitrogens with zero attached hydrogens (tertiary/aromatic N) is 5. The molecule has 0 radical (unpaired) electrons. The second kappa shape index (κ2) is 5.08. The van der Waals surface area contributed by atoms with Crippen molar-refractivity contribution < 1.29 is 9.66 Å². The Labute approximate surface area is 113 Å². The first-order chi connectivity index (χ1) is 9.62. The van der Waals surface area contributed by atoms with Crippen molar-refractivity contribution in [1.29, 1.82) is 10.5 Å². The number of nitro groups is 1. The van der Waals surface area contributed by atoms with E-state index in [4.69, 9.17) is 15.3 Å². The summed E-state index contributed by atoms with van der Waals surface area (Å²) in [5.41, 5.74) is -0.266. The summed E-state index contributed by atoms with van der Waals surface area (Å²) in [7, 11) is 1.42. The van der Waals surface area contributed by atoms with Gasteiger partial charge in [-0.25, -0.2) is 4.98 Å². The molecule has 0 saturated carbocycles. The van der Waals surface area contributed by atoms with Crippen molar-refractivity contribution in [2.75, 3.05) is 7.11 Å². The van der Waals surface area contributed by atoms with Crippen molar-refractivity contribution in [3.63, 3.8) is 0 Å². The van der Waals surface area contributed by atoms with Gasteiger partial charge in [0.2, 0.25) is 0 Å². The highest BCUT2D eigenvalue weighted by Crippen LogP contribution is 2.28. The minimum atomic E-state index is -0.581. The smallest absolute Gasteiger partial charge is 0.293 e. The number of rotatable bonds is 3. The van der Waals surface area contributed by atoms with Crippen LogP contribution in [0.4, 0.5) is 5.69 Å². The molecular weight excluding hydrogens is 262 g/mol. The molecule has 0 aliphatic heterocycles. The van der Waals surface area contributed by atoms with E-state index in [0.717, 1.165) is 0 Å². The fourth-order valence-electron chi connectivity index (χ4n) is 1.70. The van der Waals surface area contributed by atoms with Crippen LogP contribution >= 0.6 is 0 Å². The van der Waals surface area contributed by atoms with Crippen LogP contribution in [0, 0.1) is 32.8 Å². The molecule has 0 N–H and O–H groups in total. The van der Waals surface area contributed by atoms with E-state index in [1.807, 2.05) is 6.07 Å². The van der Waals surface area contributed by atoms with Gasteiger partial charge in [0.1, 0.15) is 29.9 Å². The number of methoxy groups -OCH3 is 1. The Morgan fingerprint density at radius 1 is 1.40 bits per heavy atom. The Kier molecular flexibility index (Phi) is 3.32. The molecule has 1 aromatic heterocycles. The van der Waals surface area contributed by atoms with Crippen LogP contribution in [0.2, 0.25) is 0 Å². The summed E-state index contributed by atoms with van der Waals surface area (Å²) in [5, 5.41) is 29.0. The number of nitro benzene ring substituents is 1. The fraction of sp³-hybridized carbons (Fsp3) is 0.0833. The zero-order valence-electron chi connectivity index (χ0n) is 10.3. The van der Waals surface area contributed by atoms with E-state index in [2.05, 4.69) is 4.98 Å². The van der Waals surface area contributed by atoms with Gasteiger partial charge in [0, 0.05) is 12.1 Å². The highest BCUT2D eigenvalue weighted by molar-refractivity contribution is 5.58. The lowest BCUT2D eigenvalue weighted by Gasteiger charge is -2.07. The van der Waals surface area contributed by atoms with Gasteiger partial charge in [-0.2, -0.15) is 10.5 Å². The maximum atomic E-state index is 11.1. The van der Waals surface area contributed by atoms with Crippen LogP contribution in [0.1, 0.15) is 11.4 Å². The summed E-state index contributed by atoms with van der Waals surface area (Å²) in [5.74, 6) is 0.390. The van der Waals surface area contributed by atoms with Crippen molar-refractivity contribution in [2.24, 2.45) is 0 Å². The first-order valence-corrected chi connectivity index (χ1v) is 5.32. The van der Waals surface area contributed by atoms with E-state index in [9.17, 15) is 10.1 Å². The summed E-state index contributed by atoms with van der Waals surface area (Å²) < 4.78 is 6.21. The van der Waals surface area contributed by atoms with Gasteiger partial charge in [0.15, 0.2) is 11.4 Å². The van der Waals surface area contributed by atoms with Crippen LogP contribution in [-0.4, -0.2) is 21.6 Å². The van der Waals surface area contributed by atoms with Gasteiger partial charge < -0.3 is 4.74 Å². The van der Waals surface area contributed by atoms with Gasteiger partial charge in [-0.15, -0.1) is 0 Å². The molecule has 0 atom stereocenters. The molecule has 0 spiro atoms. The number of hydrogen-bond acceptors (Lipinski definition) is 6. The summed E-state index contributed by atoms with van der Waals surface area (Å²) in [6, 6.07) is 7.68. The maximum Gasteiger partial charge on any atom is 0.293 e. The van der Waals surface area contributed by atoms with Crippen LogP contribution in [0.25, 0.3) is 5.69 Å². The SMILES string of the molecule is COc1ccc([N+](=O)[O-])c(-n2cnc(C#N)c2C#N)c1. The number of hydrogen-bond donors (Lipinski definition) is 0. The first-order valence-electron chi connectivity index (χ1n) is 5.32. The third kappa shape index (κ3) is 2.02. The molecule has 20 heavy (non-hydrogen) atoms. The molecule has 2 aromatic rings. The van der Waals surface area contributed by atoms with Crippen LogP contribution in [-0.2, 0) is 0 Å². The number of aromatic nitrogens is 2. The maximum absolute atomic E-state index is 11.1. The third-order valence-corrected chi connectivity index (χ3v) is 2.62. The molecule has 8 nitrogen and oxygen atoms in total. The lowest BCUT2D eigenvalue weighted by Crippen LogP contribution is -2.02. The van der Waals surface area contributed by atoms with Gasteiger partial charge in [-0.05, 0) is 6.07 Å². The van der Waals surface area contributed by atoms with E-state index in [1.165, 1.54) is 36.2 Å². The highest BCUT2D eigenvalue weighted by Gasteiger charge is 2.20. The summed E-state index contributed by atoms with van der Waals surface area (Å²) in [6.45, 7) is 0. The minimum absolute atomic E-state index is 0.0659. The Balaban J connectivity index is 2.75. The van der Waals surface area contributed by atoms with Crippen LogP contribution < -0.4 is 4.74 Å². The highest BCUT2D eigenvalue weighted by atomic mass is 16.6. The summed E-state index contributed by atoms with van der Waals surface area (Å²) in [4.78, 5) is 14.2. The average molecular weight is 269 g/mol. The first kappa shape index (κ1) is 13.1.